The summed E-state index contributed by atoms with van der Waals surface area (Å²) in [5.41, 5.74) is 8.84. The molecule has 3 rings (SSSR count). The average molecular weight is 809 g/mol. The number of hydrogen-bond acceptors (Lipinski definition) is 5. The molecule has 1 radical (unpaired) electrons. The maximum Gasteiger partial charge on any atom is 5.00 e. The summed E-state index contributed by atoms with van der Waals surface area (Å²) in [5, 5.41) is 14.6. The van der Waals surface area contributed by atoms with Crippen molar-refractivity contribution < 1.29 is 59.7 Å². The van der Waals surface area contributed by atoms with Crippen molar-refractivity contribution in [3.8, 4) is 0 Å². The number of carbonyl (C=O) groups is 2. The van der Waals surface area contributed by atoms with Crippen molar-refractivity contribution in [3.05, 3.63) is 80.5 Å². The van der Waals surface area contributed by atoms with Crippen LogP contribution in [0.15, 0.2) is 41.0 Å². The monoisotopic (exact) mass is 808 g/mol. The smallest absolute Gasteiger partial charge is 1.00 e. The van der Waals surface area contributed by atoms with Gasteiger partial charge in [0.25, 0.3) is 0 Å². The van der Waals surface area contributed by atoms with Crippen LogP contribution in [0.3, 0.4) is 0 Å². The van der Waals surface area contributed by atoms with Crippen LogP contribution in [0.25, 0.3) is 11.3 Å². The van der Waals surface area contributed by atoms with E-state index in [0.717, 1.165) is 59.1 Å². The van der Waals surface area contributed by atoms with Gasteiger partial charge in [0, 0.05) is 46.4 Å². The number of Topliss-reactive ketones (excluding diaryl/α,β-unsaturated/α-hetero) is 2. The van der Waals surface area contributed by atoms with E-state index >= 15 is 0 Å². The normalized spacial score (nSPS) is 15.6. The maximum atomic E-state index is 12.7. The number of ketones is 2. The molecule has 5 nitrogen and oxygen atoms in total. The zero-order chi connectivity index (χ0) is 28.1. The Morgan fingerprint density at radius 2 is 1.15 bits per heavy atom. The van der Waals surface area contributed by atoms with Crippen LogP contribution in [-0.4, -0.2) is 59.4 Å². The summed E-state index contributed by atoms with van der Waals surface area (Å²) in [7, 11) is 0. The molecular weight excluding hydrogens is 767 g/mol. The number of aliphatic hydroxyl groups excluding tert-OH is 1. The molecule has 2 aromatic carbocycles. The van der Waals surface area contributed by atoms with Gasteiger partial charge in [0.15, 0.2) is 11.6 Å². The fraction of sp³-hybridized carbons (Fsp3) is 0.424. The Kier molecular flexibility index (Phi) is 29.8. The third-order valence-electron chi connectivity index (χ3n) is 7.44. The van der Waals surface area contributed by atoms with Gasteiger partial charge in [-0.1, -0.05) is 48.2 Å². The summed E-state index contributed by atoms with van der Waals surface area (Å²) in [6.45, 7) is 15.1. The van der Waals surface area contributed by atoms with E-state index in [1.807, 2.05) is 53.0 Å². The number of hydrogen-bond donors (Lipinski definition) is 2. The van der Waals surface area contributed by atoms with Gasteiger partial charge in [-0.2, -0.15) is 0 Å². The SMILES string of the molecule is CC(=O)/C(=C\N[C@@H]1CCCC[C@H]1N=C/C(C(C)=O)=C(/O)c1c(C)cc(C)cc1C)c1c(C)cc(C)cc1C.[Co].[F-].[F-].[F-].[F-].[F-].[F-].[Sb+5]. The minimum atomic E-state index is -0.227. The number of carbonyl (C=O) groups excluding carboxylic acids is 2. The first-order chi connectivity index (χ1) is 17.9. The van der Waals surface area contributed by atoms with E-state index in [0.29, 0.717) is 11.1 Å². The minimum Gasteiger partial charge on any atom is -1.00 e. The molecule has 259 valence electrons. The first-order valence-corrected chi connectivity index (χ1v) is 13.5. The summed E-state index contributed by atoms with van der Waals surface area (Å²) >= 11 is 0. The molecule has 0 spiro atoms. The molecule has 2 aromatic rings. The van der Waals surface area contributed by atoms with Gasteiger partial charge in [0.1, 0.15) is 5.76 Å². The van der Waals surface area contributed by atoms with Crippen molar-refractivity contribution in [1.29, 1.82) is 0 Å². The van der Waals surface area contributed by atoms with Crippen LogP contribution in [0.2, 0.25) is 0 Å². The number of allylic oxidation sites excluding steroid dienone is 2. The van der Waals surface area contributed by atoms with Crippen LogP contribution in [0.5, 0.6) is 0 Å². The second-order valence-electron chi connectivity index (χ2n) is 10.9. The van der Waals surface area contributed by atoms with Gasteiger partial charge in [0.2, 0.25) is 0 Å². The molecule has 1 fully saturated rings. The molecule has 2 N–H and O–H groups in total. The molecule has 0 amide bonds. The molecule has 0 unspecified atom stereocenters. The predicted octanol–water partition coefficient (Wildman–Crippen LogP) is -11.4. The number of benzene rings is 2. The number of nitrogens with one attached hydrogen (secondary N) is 1. The van der Waals surface area contributed by atoms with Gasteiger partial charge >= 0.3 is 24.4 Å². The Morgan fingerprint density at radius 1 is 0.739 bits per heavy atom. The van der Waals surface area contributed by atoms with Crippen LogP contribution < -0.4 is 33.5 Å². The summed E-state index contributed by atoms with van der Waals surface area (Å²) in [4.78, 5) is 30.0. The summed E-state index contributed by atoms with van der Waals surface area (Å²) < 4.78 is 0. The first-order valence-electron chi connectivity index (χ1n) is 13.5. The Labute approximate surface area is 296 Å². The second-order valence-corrected chi connectivity index (χ2v) is 10.9. The second kappa shape index (κ2) is 24.6. The van der Waals surface area contributed by atoms with E-state index < -0.39 is 0 Å². The first kappa shape index (κ1) is 55.8. The molecule has 0 bridgehead atoms. The van der Waals surface area contributed by atoms with Gasteiger partial charge in [-0.3, -0.25) is 14.6 Å². The van der Waals surface area contributed by atoms with Crippen molar-refractivity contribution in [2.24, 2.45) is 4.99 Å². The summed E-state index contributed by atoms with van der Waals surface area (Å²) in [6, 6.07) is 8.17. The zero-order valence-electron chi connectivity index (χ0n) is 27.2. The van der Waals surface area contributed by atoms with Crippen LogP contribution in [0, 0.1) is 41.5 Å². The largest absolute Gasteiger partial charge is 5.00 e. The topological polar surface area (TPSA) is 78.8 Å². The standard InChI is InChI=1S/C33H42N2O3.Co.6FH.Sb/c1-19-13-21(3)31(22(4)14-19)27(25(7)36)17-34-29-11-9-10-12-30(29)35-18-28(26(8)37)33(38)32-23(5)15-20(2)16-24(32)6;;;;;;;;/h13-18,29-30,34,38H,9-12H2,1-8H3;;6*1H;/q;;;;;;;;+5/p-6/b27-17+,33-28-,35-18?;;;;;;;;/t29-,30-;;;;;;;;/m1......../s1. The molecular formula is C33H42CoF6N2O3Sb-. The van der Waals surface area contributed by atoms with E-state index in [4.69, 9.17) is 4.99 Å². The third kappa shape index (κ3) is 13.7. The van der Waals surface area contributed by atoms with Gasteiger partial charge in [0.05, 0.1) is 11.6 Å². The van der Waals surface area contributed by atoms with Gasteiger partial charge in [-0.25, -0.2) is 0 Å². The number of halogens is 6. The van der Waals surface area contributed by atoms with E-state index in [1.165, 1.54) is 12.5 Å². The minimum absolute atomic E-state index is 0. The Hall–Kier alpha value is -2.57. The van der Waals surface area contributed by atoms with E-state index in [2.05, 4.69) is 24.4 Å². The number of aliphatic hydroxyl groups is 1. The summed E-state index contributed by atoms with van der Waals surface area (Å²) in [6.07, 6.45) is 7.29. The number of aliphatic imine (C=N–C) groups is 1. The quantitative estimate of drug-likeness (QED) is 0.0915. The van der Waals surface area contributed by atoms with Crippen molar-refractivity contribution in [3.63, 3.8) is 0 Å². The zero-order valence-corrected chi connectivity index (χ0v) is 30.8. The molecule has 46 heavy (non-hydrogen) atoms. The van der Waals surface area contributed by atoms with Gasteiger partial charge in [-0.15, -0.1) is 0 Å². The molecule has 1 saturated carbocycles. The fourth-order valence-corrected chi connectivity index (χ4v) is 5.81. The Bertz CT molecular complexity index is 1320. The fourth-order valence-electron chi connectivity index (χ4n) is 5.81. The van der Waals surface area contributed by atoms with Crippen LogP contribution in [-0.2, 0) is 26.4 Å². The molecule has 13 heteroatoms. The van der Waals surface area contributed by atoms with Crippen molar-refractivity contribution >= 4 is 53.5 Å². The summed E-state index contributed by atoms with van der Waals surface area (Å²) in [5.74, 6) is -0.241. The van der Waals surface area contributed by atoms with Gasteiger partial charge in [-0.05, 0) is 96.0 Å². The van der Waals surface area contributed by atoms with E-state index in [-0.39, 0.29) is 104 Å². The maximum absolute atomic E-state index is 12.7. The van der Waals surface area contributed by atoms with Gasteiger partial charge < -0.3 is 38.6 Å². The molecule has 2 atom stereocenters. The molecule has 0 aliphatic heterocycles. The average Bonchev–Trinajstić information content (AvgIpc) is 2.80. The number of rotatable bonds is 8. The molecule has 0 heterocycles. The van der Waals surface area contributed by atoms with Crippen molar-refractivity contribution in [2.75, 3.05) is 0 Å². The van der Waals surface area contributed by atoms with E-state index in [9.17, 15) is 14.7 Å². The predicted molar refractivity (Wildman–Crippen MR) is 164 cm³/mol. The molecule has 0 aromatic heterocycles. The third-order valence-corrected chi connectivity index (χ3v) is 7.44. The van der Waals surface area contributed by atoms with E-state index in [1.54, 1.807) is 13.1 Å². The molecule has 1 aliphatic rings. The molecule has 1 aliphatic carbocycles. The van der Waals surface area contributed by atoms with Crippen LogP contribution in [0.4, 0.5) is 0 Å². The Balaban J connectivity index is -0.000000500. The van der Waals surface area contributed by atoms with Crippen molar-refractivity contribution in [1.82, 2.24) is 5.32 Å². The van der Waals surface area contributed by atoms with Crippen molar-refractivity contribution in [2.45, 2.75) is 93.2 Å². The van der Waals surface area contributed by atoms with Crippen LogP contribution in [0.1, 0.15) is 84.0 Å². The molecule has 0 saturated heterocycles. The Morgan fingerprint density at radius 3 is 1.57 bits per heavy atom. The number of nitrogens with zero attached hydrogens (tertiary/aromatic N) is 1. The number of aryl methyl sites for hydroxylation is 6. The van der Waals surface area contributed by atoms with Crippen LogP contribution >= 0.6 is 0 Å².